The van der Waals surface area contributed by atoms with E-state index in [0.29, 0.717) is 0 Å². The summed E-state index contributed by atoms with van der Waals surface area (Å²) < 4.78 is 0. The summed E-state index contributed by atoms with van der Waals surface area (Å²) in [7, 11) is 0. The van der Waals surface area contributed by atoms with Gasteiger partial charge in [-0.05, 0) is 80.0 Å². The van der Waals surface area contributed by atoms with Crippen LogP contribution in [0.25, 0.3) is 22.2 Å². The number of fused-ring (bicyclic) bond motifs is 1. The molecule has 2 nitrogen and oxygen atoms in total. The predicted octanol–water partition coefficient (Wildman–Crippen LogP) is 5.30. The Morgan fingerprint density at radius 1 is 1.00 bits per heavy atom. The smallest absolute Gasteiger partial charge is 0.0497 e. The van der Waals surface area contributed by atoms with Crippen molar-refractivity contribution in [2.75, 3.05) is 6.54 Å². The second kappa shape index (κ2) is 7.23. The van der Waals surface area contributed by atoms with E-state index in [1.165, 1.54) is 44.4 Å². The average Bonchev–Trinajstić information content (AvgIpc) is 2.94. The molecule has 0 atom stereocenters. The highest BCUT2D eigenvalue weighted by molar-refractivity contribution is 5.93. The molecule has 3 rings (SSSR count). The van der Waals surface area contributed by atoms with Crippen LogP contribution in [0.3, 0.4) is 0 Å². The summed E-state index contributed by atoms with van der Waals surface area (Å²) in [5.41, 5.74) is 15.0. The van der Waals surface area contributed by atoms with Crippen LogP contribution in [-0.4, -0.2) is 11.5 Å². The molecule has 2 aromatic carbocycles. The highest BCUT2D eigenvalue weighted by Crippen LogP contribution is 2.34. The van der Waals surface area contributed by atoms with Crippen LogP contribution >= 0.6 is 0 Å². The Bertz CT molecular complexity index is 825. The van der Waals surface area contributed by atoms with E-state index in [4.69, 9.17) is 5.73 Å². The minimum absolute atomic E-state index is 0.765. The lowest BCUT2D eigenvalue weighted by Crippen LogP contribution is -1.99. The summed E-state index contributed by atoms with van der Waals surface area (Å²) >= 11 is 0. The number of H-pyrrole nitrogens is 1. The second-order valence-electron chi connectivity index (χ2n) is 6.78. The minimum Gasteiger partial charge on any atom is -0.354 e. The van der Waals surface area contributed by atoms with Gasteiger partial charge in [0.2, 0.25) is 0 Å². The van der Waals surface area contributed by atoms with Gasteiger partial charge in [0, 0.05) is 16.6 Å². The number of hydrogen-bond acceptors (Lipinski definition) is 1. The Morgan fingerprint density at radius 3 is 2.42 bits per heavy atom. The van der Waals surface area contributed by atoms with Gasteiger partial charge in [0.1, 0.15) is 0 Å². The topological polar surface area (TPSA) is 41.8 Å². The maximum atomic E-state index is 5.70. The van der Waals surface area contributed by atoms with Crippen molar-refractivity contribution >= 4 is 10.9 Å². The number of unbranched alkanes of at least 4 members (excludes halogenated alkanes) is 1. The predicted molar refractivity (Wildman–Crippen MR) is 105 cm³/mol. The molecule has 24 heavy (non-hydrogen) atoms. The van der Waals surface area contributed by atoms with E-state index in [0.717, 1.165) is 32.2 Å². The van der Waals surface area contributed by atoms with Gasteiger partial charge in [-0.3, -0.25) is 0 Å². The normalized spacial score (nSPS) is 11.3. The van der Waals surface area contributed by atoms with Gasteiger partial charge in [-0.1, -0.05) is 37.3 Å². The van der Waals surface area contributed by atoms with Crippen molar-refractivity contribution in [3.05, 3.63) is 58.7 Å². The third kappa shape index (κ3) is 3.25. The first-order valence-corrected chi connectivity index (χ1v) is 9.05. The maximum Gasteiger partial charge on any atom is 0.0497 e. The van der Waals surface area contributed by atoms with E-state index in [-0.39, 0.29) is 0 Å². The molecule has 0 aliphatic rings. The van der Waals surface area contributed by atoms with Crippen LogP contribution in [0.5, 0.6) is 0 Å². The first kappa shape index (κ1) is 16.8. The van der Waals surface area contributed by atoms with Gasteiger partial charge in [0.05, 0.1) is 0 Å². The van der Waals surface area contributed by atoms with Crippen molar-refractivity contribution in [1.82, 2.24) is 4.98 Å². The van der Waals surface area contributed by atoms with Crippen LogP contribution in [0.2, 0.25) is 0 Å². The van der Waals surface area contributed by atoms with Crippen molar-refractivity contribution in [3.8, 4) is 11.3 Å². The van der Waals surface area contributed by atoms with E-state index in [1.54, 1.807) is 0 Å². The van der Waals surface area contributed by atoms with E-state index >= 15 is 0 Å². The average molecular weight is 320 g/mol. The molecule has 0 aliphatic heterocycles. The van der Waals surface area contributed by atoms with Gasteiger partial charge in [0.15, 0.2) is 0 Å². The second-order valence-corrected chi connectivity index (χ2v) is 6.78. The largest absolute Gasteiger partial charge is 0.354 e. The van der Waals surface area contributed by atoms with Crippen molar-refractivity contribution in [2.45, 2.75) is 46.5 Å². The summed E-state index contributed by atoms with van der Waals surface area (Å²) in [6, 6.07) is 13.5. The molecule has 0 fully saturated rings. The van der Waals surface area contributed by atoms with Crippen molar-refractivity contribution < 1.29 is 0 Å². The molecule has 0 spiro atoms. The first-order chi connectivity index (χ1) is 11.6. The standard InChI is InChI=1S/C22H28N2/c1-4-17-8-10-18(11-9-17)22-19(7-5-6-12-23)21-16(3)13-15(2)14-20(21)24-22/h8-11,13-14,24H,4-7,12,23H2,1-3H3. The van der Waals surface area contributed by atoms with Gasteiger partial charge in [-0.25, -0.2) is 0 Å². The Hall–Kier alpha value is -2.06. The first-order valence-electron chi connectivity index (χ1n) is 9.05. The van der Waals surface area contributed by atoms with Crippen molar-refractivity contribution in [1.29, 1.82) is 0 Å². The van der Waals surface area contributed by atoms with E-state index in [1.807, 2.05) is 0 Å². The van der Waals surface area contributed by atoms with Crippen LogP contribution in [0.15, 0.2) is 36.4 Å². The van der Waals surface area contributed by atoms with Gasteiger partial charge in [-0.2, -0.15) is 0 Å². The molecular formula is C22H28N2. The van der Waals surface area contributed by atoms with Crippen molar-refractivity contribution in [2.24, 2.45) is 5.73 Å². The molecule has 0 unspecified atom stereocenters. The number of aryl methyl sites for hydroxylation is 4. The van der Waals surface area contributed by atoms with Crippen LogP contribution in [0, 0.1) is 13.8 Å². The lowest BCUT2D eigenvalue weighted by atomic mass is 9.96. The third-order valence-electron chi connectivity index (χ3n) is 4.87. The van der Waals surface area contributed by atoms with Gasteiger partial charge >= 0.3 is 0 Å². The molecule has 3 N–H and O–H groups in total. The highest BCUT2D eigenvalue weighted by Gasteiger charge is 2.15. The quantitative estimate of drug-likeness (QED) is 0.595. The molecule has 0 radical (unpaired) electrons. The zero-order valence-corrected chi connectivity index (χ0v) is 15.1. The molecule has 1 aromatic heterocycles. The van der Waals surface area contributed by atoms with Gasteiger partial charge in [-0.15, -0.1) is 0 Å². The Kier molecular flexibility index (Phi) is 5.06. The zero-order chi connectivity index (χ0) is 17.1. The Morgan fingerprint density at radius 2 is 1.75 bits per heavy atom. The van der Waals surface area contributed by atoms with Crippen molar-refractivity contribution in [3.63, 3.8) is 0 Å². The number of rotatable bonds is 6. The summed E-state index contributed by atoms with van der Waals surface area (Å²) in [5.74, 6) is 0. The number of hydrogen-bond donors (Lipinski definition) is 2. The lowest BCUT2D eigenvalue weighted by Gasteiger charge is -2.07. The van der Waals surface area contributed by atoms with Crippen LogP contribution < -0.4 is 5.73 Å². The third-order valence-corrected chi connectivity index (χ3v) is 4.87. The molecule has 1 heterocycles. The molecule has 2 heteroatoms. The summed E-state index contributed by atoms with van der Waals surface area (Å²) in [6.07, 6.45) is 4.36. The fourth-order valence-electron chi connectivity index (χ4n) is 3.65. The Labute approximate surface area is 145 Å². The SMILES string of the molecule is CCc1ccc(-c2[nH]c3cc(C)cc(C)c3c2CCCCN)cc1. The number of aromatic nitrogens is 1. The number of benzene rings is 2. The molecule has 0 saturated heterocycles. The monoisotopic (exact) mass is 320 g/mol. The number of aromatic amines is 1. The minimum atomic E-state index is 0.765. The Balaban J connectivity index is 2.13. The molecule has 0 aliphatic carbocycles. The van der Waals surface area contributed by atoms with Crippen LogP contribution in [0.4, 0.5) is 0 Å². The fraction of sp³-hybridized carbons (Fsp3) is 0.364. The molecule has 0 bridgehead atoms. The van der Waals surface area contributed by atoms with Crippen LogP contribution in [-0.2, 0) is 12.8 Å². The molecule has 0 amide bonds. The summed E-state index contributed by atoms with van der Waals surface area (Å²) in [6.45, 7) is 7.35. The summed E-state index contributed by atoms with van der Waals surface area (Å²) in [4.78, 5) is 3.70. The molecule has 126 valence electrons. The molecular weight excluding hydrogens is 292 g/mol. The molecule has 0 saturated carbocycles. The fourth-order valence-corrected chi connectivity index (χ4v) is 3.65. The summed E-state index contributed by atoms with van der Waals surface area (Å²) in [5, 5.41) is 1.40. The van der Waals surface area contributed by atoms with E-state index in [2.05, 4.69) is 62.2 Å². The van der Waals surface area contributed by atoms with E-state index in [9.17, 15) is 0 Å². The number of nitrogens with one attached hydrogen (secondary N) is 1. The van der Waals surface area contributed by atoms with Crippen LogP contribution in [0.1, 0.15) is 42.0 Å². The highest BCUT2D eigenvalue weighted by atomic mass is 14.7. The molecule has 3 aromatic rings. The zero-order valence-electron chi connectivity index (χ0n) is 15.1. The number of nitrogens with two attached hydrogens (primary N) is 1. The maximum absolute atomic E-state index is 5.70. The lowest BCUT2D eigenvalue weighted by molar-refractivity contribution is 0.748. The van der Waals surface area contributed by atoms with Gasteiger partial charge in [0.25, 0.3) is 0 Å². The van der Waals surface area contributed by atoms with E-state index < -0.39 is 0 Å². The van der Waals surface area contributed by atoms with Gasteiger partial charge < -0.3 is 10.7 Å².